The van der Waals surface area contributed by atoms with Gasteiger partial charge in [-0.05, 0) is 24.6 Å². The molecular weight excluding hydrogens is 576 g/mol. The Labute approximate surface area is 245 Å². The van der Waals surface area contributed by atoms with Crippen LogP contribution in [-0.2, 0) is 14.2 Å². The van der Waals surface area contributed by atoms with Gasteiger partial charge in [0.15, 0.2) is 23.6 Å². The minimum absolute atomic E-state index is 0.0457. The van der Waals surface area contributed by atoms with Crippen molar-refractivity contribution in [1.29, 1.82) is 0 Å². The van der Waals surface area contributed by atoms with Crippen LogP contribution >= 0.6 is 0 Å². The van der Waals surface area contributed by atoms with Crippen molar-refractivity contribution in [3.05, 3.63) is 41.5 Å². The van der Waals surface area contributed by atoms with Crippen molar-refractivity contribution < 1.29 is 74.1 Å². The van der Waals surface area contributed by atoms with Gasteiger partial charge >= 0.3 is 0 Å². The van der Waals surface area contributed by atoms with Gasteiger partial charge in [0.1, 0.15) is 71.6 Å². The van der Waals surface area contributed by atoms with Crippen LogP contribution in [0.15, 0.2) is 30.3 Å². The van der Waals surface area contributed by atoms with Gasteiger partial charge < -0.3 is 69.3 Å². The number of methoxy groups -OCH3 is 1. The fraction of sp³-hybridized carbons (Fsp3) is 0.536. The lowest BCUT2D eigenvalue weighted by Gasteiger charge is -2.42. The fourth-order valence-corrected chi connectivity index (χ4v) is 5.20. The van der Waals surface area contributed by atoms with Crippen LogP contribution in [0.5, 0.6) is 28.7 Å². The number of aliphatic hydroxyl groups is 6. The van der Waals surface area contributed by atoms with E-state index in [1.165, 1.54) is 32.2 Å². The summed E-state index contributed by atoms with van der Waals surface area (Å²) >= 11 is 0. The molecule has 236 valence electrons. The minimum atomic E-state index is -1.77. The number of carbonyl (C=O) groups is 1. The maximum Gasteiger partial charge on any atom is 0.229 e. The molecule has 11 atom stereocenters. The van der Waals surface area contributed by atoms with Gasteiger partial charge in [0.05, 0.1) is 26.2 Å². The van der Waals surface area contributed by atoms with E-state index in [4.69, 9.17) is 28.4 Å². The quantitative estimate of drug-likeness (QED) is 0.185. The first-order chi connectivity index (χ1) is 20.4. The number of phenols is 2. The second-order valence-electron chi connectivity index (χ2n) is 10.6. The molecule has 2 fully saturated rings. The van der Waals surface area contributed by atoms with Crippen LogP contribution in [0.1, 0.15) is 35.4 Å². The molecule has 15 heteroatoms. The van der Waals surface area contributed by atoms with Gasteiger partial charge in [-0.2, -0.15) is 0 Å². The molecule has 0 aromatic heterocycles. The van der Waals surface area contributed by atoms with Crippen molar-refractivity contribution in [2.75, 3.05) is 13.7 Å². The molecule has 2 aromatic rings. The molecule has 5 rings (SSSR count). The Hall–Kier alpha value is -3.25. The number of ketones is 1. The highest BCUT2D eigenvalue weighted by Gasteiger charge is 2.47. The van der Waals surface area contributed by atoms with E-state index in [-0.39, 0.29) is 35.0 Å². The summed E-state index contributed by atoms with van der Waals surface area (Å²) in [6.45, 7) is 0.964. The van der Waals surface area contributed by atoms with E-state index in [9.17, 15) is 45.6 Å². The predicted octanol–water partition coefficient (Wildman–Crippen LogP) is -1.16. The first kappa shape index (κ1) is 31.2. The number of aliphatic hydroxyl groups excluding tert-OH is 6. The Morgan fingerprint density at radius 3 is 2.23 bits per heavy atom. The van der Waals surface area contributed by atoms with Gasteiger partial charge in [-0.25, -0.2) is 0 Å². The van der Waals surface area contributed by atoms with Crippen molar-refractivity contribution in [3.8, 4) is 28.7 Å². The lowest BCUT2D eigenvalue weighted by Crippen LogP contribution is -2.61. The van der Waals surface area contributed by atoms with Crippen LogP contribution in [0.25, 0.3) is 0 Å². The summed E-state index contributed by atoms with van der Waals surface area (Å²) in [7, 11) is 1.39. The standard InChI is InChI=1S/C28H34O15/c1-10-21(32)23(34)25(36)27(40-10)39-9-19-22(33)24(35)26(37)28(43-19)41-12-6-14(30)20-15(31)8-17(42-18(20)7-12)11-3-4-16(38-2)13(29)5-11/h3-7,10,17,19,21-30,32-37H,8-9H2,1-2H3/t10-,17-,19?,21-,22+,23?,24?,25?,26?,27+,28+/m0/s1. The molecule has 0 spiro atoms. The Kier molecular flexibility index (Phi) is 8.99. The van der Waals surface area contributed by atoms with Crippen LogP contribution in [0.4, 0.5) is 0 Å². The van der Waals surface area contributed by atoms with E-state index in [0.29, 0.717) is 5.56 Å². The normalized spacial score (nSPS) is 36.0. The van der Waals surface area contributed by atoms with E-state index in [2.05, 4.69) is 0 Å². The molecule has 0 amide bonds. The topological polar surface area (TPSA) is 234 Å². The molecule has 3 aliphatic heterocycles. The zero-order valence-electron chi connectivity index (χ0n) is 23.1. The number of Topliss-reactive ketones (excluding diaryl/α,β-unsaturated/α-hetero) is 1. The van der Waals surface area contributed by atoms with Crippen molar-refractivity contribution in [2.45, 2.75) is 80.9 Å². The number of benzene rings is 2. The van der Waals surface area contributed by atoms with Gasteiger partial charge in [0, 0.05) is 12.1 Å². The number of ether oxygens (including phenoxy) is 6. The summed E-state index contributed by atoms with van der Waals surface area (Å²) in [5.41, 5.74) is 0.373. The van der Waals surface area contributed by atoms with E-state index in [0.717, 1.165) is 6.07 Å². The van der Waals surface area contributed by atoms with Crippen molar-refractivity contribution in [2.24, 2.45) is 0 Å². The molecule has 15 nitrogen and oxygen atoms in total. The SMILES string of the molecule is COc1ccc([C@@H]2CC(=O)c3c(O)cc(O[C@@H]4OC(CO[C@@H]5O[C@@H](C)[C@H](O)C(O)C5O)[C@@H](O)C(O)C4O)cc3O2)cc1O. The average Bonchev–Trinajstić information content (AvgIpc) is 2.97. The average molecular weight is 611 g/mol. The van der Waals surface area contributed by atoms with E-state index >= 15 is 0 Å². The summed E-state index contributed by atoms with van der Waals surface area (Å²) in [6.07, 6.45) is -15.9. The Balaban J connectivity index is 1.30. The smallest absolute Gasteiger partial charge is 0.229 e. The van der Waals surface area contributed by atoms with Crippen molar-refractivity contribution in [3.63, 3.8) is 0 Å². The second-order valence-corrected chi connectivity index (χ2v) is 10.6. The van der Waals surface area contributed by atoms with E-state index in [1.807, 2.05) is 0 Å². The maximum atomic E-state index is 12.9. The maximum absolute atomic E-state index is 12.9. The van der Waals surface area contributed by atoms with Gasteiger partial charge in [-0.3, -0.25) is 4.79 Å². The summed E-state index contributed by atoms with van der Waals surface area (Å²) in [5, 5.41) is 82.2. The summed E-state index contributed by atoms with van der Waals surface area (Å²) < 4.78 is 33.1. The molecule has 5 unspecified atom stereocenters. The Morgan fingerprint density at radius 1 is 0.837 bits per heavy atom. The molecule has 0 saturated carbocycles. The third kappa shape index (κ3) is 6.08. The highest BCUT2D eigenvalue weighted by molar-refractivity contribution is 6.02. The molecule has 2 aromatic carbocycles. The number of phenolic OH excluding ortho intramolecular Hbond substituents is 2. The highest BCUT2D eigenvalue weighted by atomic mass is 16.7. The highest BCUT2D eigenvalue weighted by Crippen LogP contribution is 2.43. The molecule has 0 radical (unpaired) electrons. The van der Waals surface area contributed by atoms with Crippen molar-refractivity contribution in [1.82, 2.24) is 0 Å². The minimum Gasteiger partial charge on any atom is -0.507 e. The molecule has 3 heterocycles. The Morgan fingerprint density at radius 2 is 1.53 bits per heavy atom. The third-order valence-corrected chi connectivity index (χ3v) is 7.70. The molecular formula is C28H34O15. The summed E-state index contributed by atoms with van der Waals surface area (Å²) in [6, 6.07) is 6.90. The van der Waals surface area contributed by atoms with Gasteiger partial charge in [-0.15, -0.1) is 0 Å². The Bertz CT molecular complexity index is 1320. The van der Waals surface area contributed by atoms with Gasteiger partial charge in [-0.1, -0.05) is 6.07 Å². The lowest BCUT2D eigenvalue weighted by atomic mass is 9.95. The van der Waals surface area contributed by atoms with Crippen LogP contribution < -0.4 is 14.2 Å². The van der Waals surface area contributed by atoms with Crippen LogP contribution in [-0.4, -0.2) is 122 Å². The number of fused-ring (bicyclic) bond motifs is 1. The summed E-state index contributed by atoms with van der Waals surface area (Å²) in [4.78, 5) is 12.9. The number of hydrogen-bond acceptors (Lipinski definition) is 15. The third-order valence-electron chi connectivity index (χ3n) is 7.70. The van der Waals surface area contributed by atoms with Crippen LogP contribution in [0.2, 0.25) is 0 Å². The first-order valence-electron chi connectivity index (χ1n) is 13.5. The van der Waals surface area contributed by atoms with Crippen molar-refractivity contribution >= 4 is 5.78 Å². The van der Waals surface area contributed by atoms with Crippen LogP contribution in [0.3, 0.4) is 0 Å². The zero-order chi connectivity index (χ0) is 31.2. The van der Waals surface area contributed by atoms with E-state index < -0.39 is 85.7 Å². The predicted molar refractivity (Wildman–Crippen MR) is 141 cm³/mol. The molecule has 2 saturated heterocycles. The number of carbonyl (C=O) groups excluding carboxylic acids is 1. The number of rotatable bonds is 7. The zero-order valence-corrected chi connectivity index (χ0v) is 23.1. The number of hydrogen-bond donors (Lipinski definition) is 8. The number of aromatic hydroxyl groups is 2. The fourth-order valence-electron chi connectivity index (χ4n) is 5.20. The molecule has 43 heavy (non-hydrogen) atoms. The van der Waals surface area contributed by atoms with Gasteiger partial charge in [0.2, 0.25) is 6.29 Å². The molecule has 8 N–H and O–H groups in total. The van der Waals surface area contributed by atoms with Crippen LogP contribution in [0, 0.1) is 0 Å². The second kappa shape index (κ2) is 12.4. The lowest BCUT2D eigenvalue weighted by molar-refractivity contribution is -0.318. The molecule has 0 bridgehead atoms. The first-order valence-corrected chi connectivity index (χ1v) is 13.5. The largest absolute Gasteiger partial charge is 0.507 e. The monoisotopic (exact) mass is 610 g/mol. The molecule has 0 aliphatic carbocycles. The summed E-state index contributed by atoms with van der Waals surface area (Å²) in [5.74, 6) is -0.999. The van der Waals surface area contributed by atoms with E-state index in [1.54, 1.807) is 6.07 Å². The van der Waals surface area contributed by atoms with Gasteiger partial charge in [0.25, 0.3) is 0 Å². The molecule has 3 aliphatic rings.